The van der Waals surface area contributed by atoms with Gasteiger partial charge in [-0.3, -0.25) is 38.8 Å². The molecule has 22 nitrogen and oxygen atoms in total. The molecule has 0 spiro atoms. The first-order valence-corrected chi connectivity index (χ1v) is 31.8. The Kier molecular flexibility index (Phi) is 55.7. The number of guanidine groups is 2. The molecule has 0 aliphatic carbocycles. The molecule has 28 heteroatoms. The first-order chi connectivity index (χ1) is 41.7. The van der Waals surface area contributed by atoms with Crippen molar-refractivity contribution in [3.05, 3.63) is 12.2 Å². The molecule has 0 rings (SSSR count). The quantitative estimate of drug-likeness (QED) is 0.00890. The number of aliphatic carboxylic acids is 2. The van der Waals surface area contributed by atoms with Crippen LogP contribution in [0.5, 0.6) is 0 Å². The summed E-state index contributed by atoms with van der Waals surface area (Å²) in [6.07, 6.45) is 31.0. The molecule has 0 heterocycles. The third kappa shape index (κ3) is 59.9. The number of unbranched alkanes of at least 4 members (excludes halogenated alkanes) is 28. The van der Waals surface area contributed by atoms with Crippen LogP contribution in [0.15, 0.2) is 22.1 Å². The van der Waals surface area contributed by atoms with Crippen molar-refractivity contribution in [3.8, 4) is 0 Å². The number of rotatable bonds is 52. The van der Waals surface area contributed by atoms with Gasteiger partial charge >= 0.3 is 24.3 Å². The lowest BCUT2D eigenvalue weighted by molar-refractivity contribution is -0.193. The highest BCUT2D eigenvalue weighted by molar-refractivity contribution is 5.99. The SMILES string of the molecule is CCCCCCCCCCCCCCCCCC(=O)NCCN(CCNC(=O)CCCCCCCCCCCCCCCCC)C(=O)/C=C\C(=O)N[C@@H](CCCN=C(N)N)C(=O)N[C@@H](CCCN=C(N)N)C(N)=O.O=C(O)C(F)(F)F.O=C(O)C(F)(F)F. The van der Waals surface area contributed by atoms with Crippen LogP contribution in [-0.2, 0) is 38.4 Å². The lowest BCUT2D eigenvalue weighted by Gasteiger charge is -2.22. The van der Waals surface area contributed by atoms with Gasteiger partial charge in [0.05, 0.1) is 0 Å². The van der Waals surface area contributed by atoms with Gasteiger partial charge in [-0.2, -0.15) is 26.3 Å². The molecule has 512 valence electrons. The molecule has 0 bridgehead atoms. The first kappa shape index (κ1) is 85.8. The second kappa shape index (κ2) is 57.1. The van der Waals surface area contributed by atoms with Gasteiger partial charge in [-0.1, -0.05) is 194 Å². The summed E-state index contributed by atoms with van der Waals surface area (Å²) in [5.41, 5.74) is 27.2. The van der Waals surface area contributed by atoms with Crippen LogP contribution < -0.4 is 49.9 Å². The zero-order valence-corrected chi connectivity index (χ0v) is 52.7. The van der Waals surface area contributed by atoms with E-state index in [2.05, 4.69) is 45.1 Å². The minimum Gasteiger partial charge on any atom is -0.475 e. The molecule has 0 unspecified atom stereocenters. The molecule has 2 atom stereocenters. The Labute approximate surface area is 518 Å². The molecule has 0 saturated heterocycles. The van der Waals surface area contributed by atoms with Crippen LogP contribution in [0.25, 0.3) is 0 Å². The fourth-order valence-electron chi connectivity index (χ4n) is 8.79. The second-order valence-corrected chi connectivity index (χ2v) is 21.8. The van der Waals surface area contributed by atoms with Gasteiger partial charge in [0.2, 0.25) is 35.4 Å². The number of primary amides is 1. The number of carbonyl (C=O) groups excluding carboxylic acids is 6. The monoisotopic (exact) mass is 1270 g/mol. The number of halogens is 6. The average Bonchev–Trinajstić information content (AvgIpc) is 3.49. The van der Waals surface area contributed by atoms with Crippen molar-refractivity contribution in [3.63, 3.8) is 0 Å². The maximum Gasteiger partial charge on any atom is 0.490 e. The third-order valence-electron chi connectivity index (χ3n) is 13.8. The van der Waals surface area contributed by atoms with Crippen molar-refractivity contribution in [2.24, 2.45) is 38.7 Å². The van der Waals surface area contributed by atoms with E-state index in [4.69, 9.17) is 48.5 Å². The number of nitrogens with one attached hydrogen (secondary N) is 4. The van der Waals surface area contributed by atoms with Gasteiger partial charge in [0.15, 0.2) is 11.9 Å². The number of carbonyl (C=O) groups is 8. The zero-order valence-electron chi connectivity index (χ0n) is 52.7. The molecule has 0 radical (unpaired) electrons. The summed E-state index contributed by atoms with van der Waals surface area (Å²) in [6, 6.07) is -2.19. The maximum absolute atomic E-state index is 13.6. The first-order valence-electron chi connectivity index (χ1n) is 31.8. The molecule has 0 aliphatic rings. The Bertz CT molecular complexity index is 1900. The Morgan fingerprint density at radius 2 is 0.739 bits per heavy atom. The van der Waals surface area contributed by atoms with Crippen LogP contribution >= 0.6 is 0 Å². The minimum absolute atomic E-state index is 0.0877. The number of alkyl halides is 6. The van der Waals surface area contributed by atoms with E-state index >= 15 is 0 Å². The van der Waals surface area contributed by atoms with Gasteiger partial charge in [-0.25, -0.2) is 9.59 Å². The van der Waals surface area contributed by atoms with Crippen LogP contribution in [0, 0.1) is 0 Å². The van der Waals surface area contributed by atoms with Gasteiger partial charge in [0.1, 0.15) is 12.1 Å². The Hall–Kier alpha value is -6.38. The van der Waals surface area contributed by atoms with E-state index < -0.39 is 60.0 Å². The highest BCUT2D eigenvalue weighted by atomic mass is 19.4. The molecule has 16 N–H and O–H groups in total. The van der Waals surface area contributed by atoms with E-state index in [-0.39, 0.29) is 75.8 Å². The van der Waals surface area contributed by atoms with Crippen LogP contribution in [-0.4, -0.2) is 138 Å². The lowest BCUT2D eigenvalue weighted by atomic mass is 10.0. The number of hydrogen-bond donors (Lipinski definition) is 11. The third-order valence-corrected chi connectivity index (χ3v) is 13.8. The number of carboxylic acids is 2. The van der Waals surface area contributed by atoms with Crippen LogP contribution in [0.1, 0.15) is 245 Å². The summed E-state index contributed by atoms with van der Waals surface area (Å²) < 4.78 is 63.5. The molecule has 0 aromatic rings. The van der Waals surface area contributed by atoms with Gasteiger partial charge in [-0.05, 0) is 38.5 Å². The predicted molar refractivity (Wildman–Crippen MR) is 331 cm³/mol. The van der Waals surface area contributed by atoms with E-state index in [1.165, 1.54) is 159 Å². The number of nitrogens with zero attached hydrogens (tertiary/aromatic N) is 3. The van der Waals surface area contributed by atoms with Crippen LogP contribution in [0.4, 0.5) is 26.3 Å². The Morgan fingerprint density at radius 3 is 1.02 bits per heavy atom. The van der Waals surface area contributed by atoms with Crippen molar-refractivity contribution in [1.82, 2.24) is 26.2 Å². The largest absolute Gasteiger partial charge is 0.490 e. The molecular weight excluding hydrogens is 1160 g/mol. The topological polar surface area (TPSA) is 383 Å². The van der Waals surface area contributed by atoms with Crippen molar-refractivity contribution in [2.75, 3.05) is 39.3 Å². The van der Waals surface area contributed by atoms with Crippen molar-refractivity contribution < 1.29 is 74.9 Å². The highest BCUT2D eigenvalue weighted by Crippen LogP contribution is 2.17. The van der Waals surface area contributed by atoms with Crippen molar-refractivity contribution in [2.45, 2.75) is 269 Å². The summed E-state index contributed by atoms with van der Waals surface area (Å²) in [5.74, 6) is -8.63. The summed E-state index contributed by atoms with van der Waals surface area (Å²) in [6.45, 7) is 5.59. The molecule has 0 saturated carbocycles. The fraction of sp³-hybridized carbons (Fsp3) is 0.800. The molecule has 0 aliphatic heterocycles. The van der Waals surface area contributed by atoms with E-state index in [9.17, 15) is 55.1 Å². The zero-order chi connectivity index (χ0) is 66.9. The van der Waals surface area contributed by atoms with Gasteiger partial charge in [0.25, 0.3) is 0 Å². The van der Waals surface area contributed by atoms with Gasteiger partial charge in [-0.15, -0.1) is 0 Å². The number of aliphatic imine (C=N–C) groups is 2. The highest BCUT2D eigenvalue weighted by Gasteiger charge is 2.39. The molecule has 0 aromatic heterocycles. The second-order valence-electron chi connectivity index (χ2n) is 21.8. The standard InChI is InChI=1S/C56H108N12O6.2C2HF3O2/c1-3-5-7-9-11-13-15-17-19-21-23-25-27-29-31-37-49(69)62-43-45-68(46-44-63-50(70)38-32-30-28-26-24-22-20-18-16-14-12-10-8-6-4-2)52(72)40-39-51(71)66-48(36-34-42-65-56(60)61)54(74)67-47(53(57)73)35-33-41-64-55(58)59;2*3-2(4,5)1(6)7/h39-40,47-48H,3-38,41-46H2,1-2H3,(H2,57,73)(H,62,69)(H,63,70)(H,66,71)(H,67,74)(H4,58,59,64)(H4,60,61,65);2*(H,6,7)/b40-39-;;/t47-,48-;;/m0../s1. The smallest absolute Gasteiger partial charge is 0.475 e. The fourth-order valence-corrected chi connectivity index (χ4v) is 8.79. The molecule has 0 fully saturated rings. The molecule has 6 amide bonds. The van der Waals surface area contributed by atoms with Crippen LogP contribution in [0.2, 0.25) is 0 Å². The molecule has 88 heavy (non-hydrogen) atoms. The molecule has 0 aromatic carbocycles. The van der Waals surface area contributed by atoms with E-state index in [1.807, 2.05) is 0 Å². The number of amides is 6. The van der Waals surface area contributed by atoms with Crippen LogP contribution in [0.3, 0.4) is 0 Å². The number of carboxylic acid groups (broad SMARTS) is 2. The van der Waals surface area contributed by atoms with Crippen molar-refractivity contribution in [1.29, 1.82) is 0 Å². The van der Waals surface area contributed by atoms with E-state index in [1.54, 1.807) is 0 Å². The van der Waals surface area contributed by atoms with Crippen molar-refractivity contribution >= 4 is 59.3 Å². The normalized spacial score (nSPS) is 11.8. The Balaban J connectivity index is -0.00000456. The number of nitrogens with two attached hydrogens (primary N) is 5. The average molecular weight is 1270 g/mol. The summed E-state index contributed by atoms with van der Waals surface area (Å²) in [7, 11) is 0. The predicted octanol–water partition coefficient (Wildman–Crippen LogP) is 8.96. The summed E-state index contributed by atoms with van der Waals surface area (Å²) >= 11 is 0. The maximum atomic E-state index is 13.6. The van der Waals surface area contributed by atoms with Gasteiger partial charge < -0.3 is 65.0 Å². The van der Waals surface area contributed by atoms with Gasteiger partial charge in [0, 0.05) is 64.3 Å². The summed E-state index contributed by atoms with van der Waals surface area (Å²) in [5, 5.41) is 25.3. The Morgan fingerprint density at radius 1 is 0.443 bits per heavy atom. The lowest BCUT2D eigenvalue weighted by Crippen LogP contribution is -2.52. The number of hydrogen-bond acceptors (Lipinski definition) is 10. The van der Waals surface area contributed by atoms with E-state index in [0.717, 1.165) is 50.7 Å². The molecular formula is C60H110F6N12O10. The minimum atomic E-state index is -5.08. The van der Waals surface area contributed by atoms with E-state index in [0.29, 0.717) is 25.7 Å². The summed E-state index contributed by atoms with van der Waals surface area (Å²) in [4.78, 5) is 105.